The molecule has 0 bridgehead atoms. The SMILES string of the molecule is [2H]c1c([2H])c([2H])c(C2(c3ccc4oc5ccccc5c4c3)c3ccccc3-c3cc(N(c4ccccc4)c4ccccc4-c4ccccc4)ccc32)c([2H])c1[2H]. The van der Waals surface area contributed by atoms with Gasteiger partial charge in [0.2, 0.25) is 0 Å². The predicted molar refractivity (Wildman–Crippen MR) is 211 cm³/mol. The molecule has 0 saturated carbocycles. The lowest BCUT2D eigenvalue weighted by atomic mass is 9.67. The van der Waals surface area contributed by atoms with Gasteiger partial charge in [-0.2, -0.15) is 0 Å². The Balaban J connectivity index is 1.30. The van der Waals surface area contributed by atoms with Crippen LogP contribution in [-0.2, 0) is 5.41 Å². The van der Waals surface area contributed by atoms with Gasteiger partial charge >= 0.3 is 0 Å². The summed E-state index contributed by atoms with van der Waals surface area (Å²) in [6, 6.07) is 55.7. The fourth-order valence-electron chi connectivity index (χ4n) is 8.07. The van der Waals surface area contributed by atoms with Crippen molar-refractivity contribution in [3.63, 3.8) is 0 Å². The molecule has 1 unspecified atom stereocenters. The van der Waals surface area contributed by atoms with Crippen LogP contribution in [0.2, 0.25) is 0 Å². The molecule has 8 aromatic carbocycles. The number of fused-ring (bicyclic) bond motifs is 6. The summed E-state index contributed by atoms with van der Waals surface area (Å²) in [5.74, 6) is 0. The van der Waals surface area contributed by atoms with Crippen LogP contribution in [0.25, 0.3) is 44.2 Å². The smallest absolute Gasteiger partial charge is 0.135 e. The maximum absolute atomic E-state index is 9.46. The Morgan fingerprint density at radius 3 is 1.96 bits per heavy atom. The number of nitrogens with zero attached hydrogens (tertiary/aromatic N) is 1. The minimum atomic E-state index is -1.27. The van der Waals surface area contributed by atoms with Crippen LogP contribution in [-0.4, -0.2) is 0 Å². The molecule has 0 saturated heterocycles. The largest absolute Gasteiger partial charge is 0.456 e. The lowest BCUT2D eigenvalue weighted by molar-refractivity contribution is 0.668. The molecule has 0 aliphatic heterocycles. The average Bonchev–Trinajstić information content (AvgIpc) is 3.76. The molecule has 2 heteroatoms. The van der Waals surface area contributed by atoms with Crippen molar-refractivity contribution in [1.29, 1.82) is 0 Å². The van der Waals surface area contributed by atoms with Crippen molar-refractivity contribution in [1.82, 2.24) is 0 Å². The molecule has 51 heavy (non-hydrogen) atoms. The molecular weight excluding hydrogens is 619 g/mol. The lowest BCUT2D eigenvalue weighted by Gasteiger charge is -2.34. The van der Waals surface area contributed by atoms with Crippen LogP contribution in [0.3, 0.4) is 0 Å². The zero-order valence-corrected chi connectivity index (χ0v) is 27.5. The number of rotatable bonds is 6. The Hall–Kier alpha value is -6.64. The third-order valence-electron chi connectivity index (χ3n) is 10.2. The Morgan fingerprint density at radius 1 is 0.451 bits per heavy atom. The second-order valence-corrected chi connectivity index (χ2v) is 12.9. The van der Waals surface area contributed by atoms with Gasteiger partial charge in [-0.15, -0.1) is 0 Å². The standard InChI is InChI=1S/C49H33NO/c1-4-16-34(17-5-1)39-22-11-14-26-46(39)50(37-20-8-3-9-21-37)38-29-30-45-42(33-38)40-23-10-13-25-44(40)49(45,35-18-6-2-7-19-35)36-28-31-48-43(32-36)41-24-12-15-27-47(41)51-48/h1-33H/i2D,6D,7D,18D,19D. The fraction of sp³-hybridized carbons (Fsp3) is 0.0204. The molecule has 0 amide bonds. The molecule has 2 nitrogen and oxygen atoms in total. The van der Waals surface area contributed by atoms with Gasteiger partial charge in [-0.05, 0) is 87.5 Å². The molecule has 0 radical (unpaired) electrons. The topological polar surface area (TPSA) is 16.4 Å². The zero-order chi connectivity index (χ0) is 38.1. The summed E-state index contributed by atoms with van der Waals surface area (Å²) in [5.41, 5.74) is 9.78. The van der Waals surface area contributed by atoms with Gasteiger partial charge in [0.1, 0.15) is 11.2 Å². The maximum Gasteiger partial charge on any atom is 0.135 e. The Bertz CT molecular complexity index is 2970. The lowest BCUT2D eigenvalue weighted by Crippen LogP contribution is -2.28. The van der Waals surface area contributed by atoms with Gasteiger partial charge < -0.3 is 9.32 Å². The van der Waals surface area contributed by atoms with E-state index in [9.17, 15) is 2.74 Å². The molecule has 10 rings (SSSR count). The number of hydrogen-bond donors (Lipinski definition) is 0. The first-order valence-corrected chi connectivity index (χ1v) is 17.1. The Morgan fingerprint density at radius 2 is 1.12 bits per heavy atom. The van der Waals surface area contributed by atoms with Crippen LogP contribution in [0, 0.1) is 0 Å². The molecule has 1 aliphatic rings. The van der Waals surface area contributed by atoms with Gasteiger partial charge in [0.25, 0.3) is 0 Å². The van der Waals surface area contributed by atoms with E-state index in [1.54, 1.807) is 0 Å². The second-order valence-electron chi connectivity index (χ2n) is 12.9. The number of anilines is 3. The Kier molecular flexibility index (Phi) is 5.64. The van der Waals surface area contributed by atoms with Gasteiger partial charge in [-0.3, -0.25) is 0 Å². The summed E-state index contributed by atoms with van der Waals surface area (Å²) < 4.78 is 51.5. The molecule has 240 valence electrons. The molecule has 0 spiro atoms. The van der Waals surface area contributed by atoms with E-state index in [1.165, 1.54) is 0 Å². The summed E-state index contributed by atoms with van der Waals surface area (Å²) in [6.45, 7) is 0. The highest BCUT2D eigenvalue weighted by atomic mass is 16.3. The Labute approximate surface area is 304 Å². The van der Waals surface area contributed by atoms with Crippen molar-refractivity contribution in [2.45, 2.75) is 5.41 Å². The van der Waals surface area contributed by atoms with E-state index in [-0.39, 0.29) is 29.7 Å². The number of para-hydroxylation sites is 3. The van der Waals surface area contributed by atoms with Crippen molar-refractivity contribution in [3.8, 4) is 22.3 Å². The normalized spacial score (nSPS) is 16.1. The number of benzene rings is 8. The molecule has 1 aromatic heterocycles. The van der Waals surface area contributed by atoms with Crippen molar-refractivity contribution in [3.05, 3.63) is 222 Å². The van der Waals surface area contributed by atoms with Gasteiger partial charge in [-0.1, -0.05) is 152 Å². The van der Waals surface area contributed by atoms with E-state index in [4.69, 9.17) is 8.53 Å². The second kappa shape index (κ2) is 11.8. The highest BCUT2D eigenvalue weighted by molar-refractivity contribution is 6.05. The first kappa shape index (κ1) is 24.5. The van der Waals surface area contributed by atoms with Gasteiger partial charge in [0.15, 0.2) is 0 Å². The first-order chi connectivity index (χ1) is 27.4. The van der Waals surface area contributed by atoms with Crippen LogP contribution in [0.5, 0.6) is 0 Å². The van der Waals surface area contributed by atoms with Crippen molar-refractivity contribution >= 4 is 39.0 Å². The van der Waals surface area contributed by atoms with Gasteiger partial charge in [0.05, 0.1) is 18.0 Å². The van der Waals surface area contributed by atoms with Crippen molar-refractivity contribution in [2.75, 3.05) is 4.90 Å². The zero-order valence-electron chi connectivity index (χ0n) is 32.5. The van der Waals surface area contributed by atoms with Crippen LogP contribution in [0.4, 0.5) is 17.1 Å². The van der Waals surface area contributed by atoms with E-state index in [1.807, 2.05) is 91.0 Å². The van der Waals surface area contributed by atoms with E-state index in [2.05, 4.69) is 83.8 Å². The summed E-state index contributed by atoms with van der Waals surface area (Å²) >= 11 is 0. The summed E-state index contributed by atoms with van der Waals surface area (Å²) in [7, 11) is 0. The quantitative estimate of drug-likeness (QED) is 0.177. The minimum Gasteiger partial charge on any atom is -0.456 e. The van der Waals surface area contributed by atoms with E-state index in [0.717, 1.165) is 72.4 Å². The van der Waals surface area contributed by atoms with E-state index in [0.29, 0.717) is 5.58 Å². The minimum absolute atomic E-state index is 0.212. The molecule has 0 fully saturated rings. The average molecular weight is 657 g/mol. The van der Waals surface area contributed by atoms with E-state index < -0.39 is 11.5 Å². The van der Waals surface area contributed by atoms with E-state index >= 15 is 0 Å². The van der Waals surface area contributed by atoms with Crippen LogP contribution in [0.1, 0.15) is 29.1 Å². The van der Waals surface area contributed by atoms with Gasteiger partial charge in [0, 0.05) is 27.7 Å². The molecule has 0 N–H and O–H groups in total. The van der Waals surface area contributed by atoms with Crippen LogP contribution < -0.4 is 4.90 Å². The highest BCUT2D eigenvalue weighted by Gasteiger charge is 2.46. The van der Waals surface area contributed by atoms with Crippen LogP contribution >= 0.6 is 0 Å². The summed E-state index contributed by atoms with van der Waals surface area (Å²) in [5, 5.41) is 1.83. The van der Waals surface area contributed by atoms with Crippen LogP contribution in [0.15, 0.2) is 204 Å². The fourth-order valence-corrected chi connectivity index (χ4v) is 8.07. The molecule has 1 heterocycles. The highest BCUT2D eigenvalue weighted by Crippen LogP contribution is 2.57. The molecule has 1 aliphatic carbocycles. The summed E-state index contributed by atoms with van der Waals surface area (Å²) in [4.78, 5) is 2.26. The third kappa shape index (κ3) is 4.50. The van der Waals surface area contributed by atoms with Gasteiger partial charge in [-0.25, -0.2) is 0 Å². The molecule has 1 atom stereocenters. The monoisotopic (exact) mass is 656 g/mol. The maximum atomic E-state index is 9.46. The molecular formula is C49H33NO. The first-order valence-electron chi connectivity index (χ1n) is 19.6. The van der Waals surface area contributed by atoms with Crippen molar-refractivity contribution < 1.29 is 11.3 Å². The number of furan rings is 1. The number of hydrogen-bond acceptors (Lipinski definition) is 2. The van der Waals surface area contributed by atoms with Crippen molar-refractivity contribution in [2.24, 2.45) is 0 Å². The summed E-state index contributed by atoms with van der Waals surface area (Å²) in [6.07, 6.45) is 0. The molecule has 9 aromatic rings. The predicted octanol–water partition coefficient (Wildman–Crippen LogP) is 13.1. The third-order valence-corrected chi connectivity index (χ3v) is 10.2.